The molecule has 0 bridgehead atoms. The van der Waals surface area contributed by atoms with Crippen LogP contribution in [0.3, 0.4) is 0 Å². The number of phenols is 1. The molecule has 0 atom stereocenters. The maximum atomic E-state index is 9.31. The molecule has 0 aromatic heterocycles. The first kappa shape index (κ1) is 10.5. The van der Waals surface area contributed by atoms with Gasteiger partial charge in [0.25, 0.3) is 0 Å². The molecule has 0 fully saturated rings. The fraction of sp³-hybridized carbons (Fsp3) is 0.300. The summed E-state index contributed by atoms with van der Waals surface area (Å²) in [5.41, 5.74) is 3.04. The summed E-state index contributed by atoms with van der Waals surface area (Å²) >= 11 is 2.86. The number of phenolic OH excluding ortho intramolecular Hbond substituents is 1. The van der Waals surface area contributed by atoms with E-state index in [4.69, 9.17) is 4.74 Å². The molecule has 0 unspecified atom stereocenters. The van der Waals surface area contributed by atoms with Crippen LogP contribution in [0.25, 0.3) is 0 Å². The molecule has 1 N–H and O–H groups in total. The van der Waals surface area contributed by atoms with Crippen LogP contribution in [-0.4, -0.2) is 16.8 Å². The molecule has 0 aliphatic carbocycles. The molecule has 1 aromatic carbocycles. The molecule has 1 rings (SSSR count). The summed E-state index contributed by atoms with van der Waals surface area (Å²) in [6.07, 6.45) is 0. The van der Waals surface area contributed by atoms with Crippen LogP contribution >= 0.6 is 0 Å². The molecule has 2 nitrogen and oxygen atoms in total. The van der Waals surface area contributed by atoms with Crippen molar-refractivity contribution in [3.8, 4) is 5.75 Å². The summed E-state index contributed by atoms with van der Waals surface area (Å²) in [6.45, 7) is 3.89. The first-order chi connectivity index (χ1) is 6.06. The van der Waals surface area contributed by atoms with Gasteiger partial charge in [-0.25, -0.2) is 0 Å². The van der Waals surface area contributed by atoms with Crippen molar-refractivity contribution in [3.63, 3.8) is 0 Å². The Morgan fingerprint density at radius 2 is 1.77 bits per heavy atom. The van der Waals surface area contributed by atoms with E-state index < -0.39 is 0 Å². The van der Waals surface area contributed by atoms with Crippen LogP contribution < -0.4 is 0 Å². The van der Waals surface area contributed by atoms with Gasteiger partial charge in [0.2, 0.25) is 0 Å². The number of aromatic hydroxyl groups is 1. The Morgan fingerprint density at radius 3 is 2.15 bits per heavy atom. The monoisotopic (exact) mass is 216 g/mol. The Morgan fingerprint density at radius 1 is 1.31 bits per heavy atom. The second-order valence-corrected chi connectivity index (χ2v) is 3.53. The third kappa shape index (κ3) is 2.19. The van der Waals surface area contributed by atoms with Crippen molar-refractivity contribution >= 4 is 4.57 Å². The number of aryl methyl sites for hydroxylation is 2. The molecule has 0 aliphatic heterocycles. The molecule has 0 saturated carbocycles. The van der Waals surface area contributed by atoms with Crippen LogP contribution in [-0.2, 0) is 20.6 Å². The standard InChI is InChI=1S/C10H12O2.Cr/c1-7-4-9(11)5-8(2)10(7)6-12-3;/h4-5,11H,1-3H3;. The Labute approximate surface area is 86.1 Å². The van der Waals surface area contributed by atoms with Gasteiger partial charge < -0.3 is 0 Å². The fourth-order valence-corrected chi connectivity index (χ4v) is 1.87. The number of hydrogen-bond acceptors (Lipinski definition) is 2. The van der Waals surface area contributed by atoms with Crippen LogP contribution in [0.2, 0.25) is 0 Å². The zero-order chi connectivity index (χ0) is 10.0. The predicted octanol–water partition coefficient (Wildman–Crippen LogP) is 1.68. The van der Waals surface area contributed by atoms with E-state index in [9.17, 15) is 5.11 Å². The van der Waals surface area contributed by atoms with Crippen molar-refractivity contribution < 1.29 is 25.7 Å². The van der Waals surface area contributed by atoms with E-state index in [-0.39, 0.29) is 0 Å². The Kier molecular flexibility index (Phi) is 3.27. The van der Waals surface area contributed by atoms with Crippen LogP contribution in [0.1, 0.15) is 16.7 Å². The minimum absolute atomic E-state index is 0.294. The first-order valence-corrected chi connectivity index (χ1v) is 4.58. The molecule has 70 valence electrons. The van der Waals surface area contributed by atoms with Crippen molar-refractivity contribution in [2.45, 2.75) is 13.8 Å². The van der Waals surface area contributed by atoms with Crippen LogP contribution in [0, 0.1) is 13.8 Å². The summed E-state index contributed by atoms with van der Waals surface area (Å²) in [4.78, 5) is 0. The molecule has 0 radical (unpaired) electrons. The van der Waals surface area contributed by atoms with Crippen LogP contribution in [0.15, 0.2) is 12.1 Å². The normalized spacial score (nSPS) is 10.1. The molecule has 13 heavy (non-hydrogen) atoms. The average Bonchev–Trinajstić information content (AvgIpc) is 2.02. The van der Waals surface area contributed by atoms with E-state index in [1.165, 1.54) is 0 Å². The van der Waals surface area contributed by atoms with Crippen molar-refractivity contribution in [3.05, 3.63) is 28.8 Å². The number of methoxy groups -OCH3 is 1. The van der Waals surface area contributed by atoms with Gasteiger partial charge in [0.1, 0.15) is 0 Å². The van der Waals surface area contributed by atoms with Crippen molar-refractivity contribution in [1.29, 1.82) is 0 Å². The molecule has 0 aliphatic rings. The Balaban J connectivity index is 3.28. The molecule has 1 aromatic rings. The number of benzene rings is 1. The molecule has 3 heteroatoms. The zero-order valence-corrected chi connectivity index (χ0v) is 9.19. The van der Waals surface area contributed by atoms with Gasteiger partial charge in [-0.2, -0.15) is 0 Å². The van der Waals surface area contributed by atoms with Gasteiger partial charge in [-0.1, -0.05) is 0 Å². The van der Waals surface area contributed by atoms with Gasteiger partial charge >= 0.3 is 85.8 Å². The molecule has 0 amide bonds. The SMILES string of the molecule is CO[C](=[Cr])c1c(C)cc(O)cc1C. The van der Waals surface area contributed by atoms with Gasteiger partial charge in [0.15, 0.2) is 0 Å². The van der Waals surface area contributed by atoms with E-state index in [0.717, 1.165) is 21.3 Å². The fourth-order valence-electron chi connectivity index (χ4n) is 1.36. The quantitative estimate of drug-likeness (QED) is 0.815. The van der Waals surface area contributed by atoms with Gasteiger partial charge in [-0.3, -0.25) is 0 Å². The second kappa shape index (κ2) is 4.06. The third-order valence-corrected chi connectivity index (χ3v) is 2.49. The third-order valence-electron chi connectivity index (χ3n) is 1.91. The number of rotatable bonds is 2. The van der Waals surface area contributed by atoms with E-state index in [1.54, 1.807) is 19.2 Å². The minimum atomic E-state index is 0.294. The van der Waals surface area contributed by atoms with Crippen molar-refractivity contribution in [2.24, 2.45) is 0 Å². The maximum absolute atomic E-state index is 9.31. The van der Waals surface area contributed by atoms with E-state index in [1.807, 2.05) is 13.8 Å². The van der Waals surface area contributed by atoms with Crippen molar-refractivity contribution in [2.75, 3.05) is 7.11 Å². The summed E-state index contributed by atoms with van der Waals surface area (Å²) in [5, 5.41) is 9.31. The Hall–Kier alpha value is -0.618. The molecule has 0 saturated heterocycles. The molecular weight excluding hydrogens is 204 g/mol. The second-order valence-electron chi connectivity index (χ2n) is 2.95. The van der Waals surface area contributed by atoms with Gasteiger partial charge in [-0.15, -0.1) is 0 Å². The summed E-state index contributed by atoms with van der Waals surface area (Å²) in [5.74, 6) is 0.294. The van der Waals surface area contributed by atoms with E-state index >= 15 is 0 Å². The summed E-state index contributed by atoms with van der Waals surface area (Å²) in [7, 11) is 1.62. The first-order valence-electron chi connectivity index (χ1n) is 3.94. The van der Waals surface area contributed by atoms with Crippen LogP contribution in [0.4, 0.5) is 0 Å². The Bertz CT molecular complexity index is 322. The molecule has 0 spiro atoms. The van der Waals surface area contributed by atoms with Crippen molar-refractivity contribution in [1.82, 2.24) is 0 Å². The average molecular weight is 216 g/mol. The number of hydrogen-bond donors (Lipinski definition) is 1. The van der Waals surface area contributed by atoms with E-state index in [2.05, 4.69) is 15.9 Å². The van der Waals surface area contributed by atoms with Crippen LogP contribution in [0.5, 0.6) is 5.75 Å². The topological polar surface area (TPSA) is 29.5 Å². The zero-order valence-electron chi connectivity index (χ0n) is 7.92. The van der Waals surface area contributed by atoms with E-state index in [0.29, 0.717) is 5.75 Å². The summed E-state index contributed by atoms with van der Waals surface area (Å²) < 4.78 is 5.88. The van der Waals surface area contributed by atoms with Gasteiger partial charge in [0.05, 0.1) is 0 Å². The predicted molar refractivity (Wildman–Crippen MR) is 48.7 cm³/mol. The number of ether oxygens (including phenoxy) is 1. The summed E-state index contributed by atoms with van der Waals surface area (Å²) in [6, 6.07) is 3.44. The van der Waals surface area contributed by atoms with Gasteiger partial charge in [-0.05, 0) is 0 Å². The van der Waals surface area contributed by atoms with Gasteiger partial charge in [0, 0.05) is 0 Å². The molecule has 0 heterocycles. The molecular formula is C10H12CrO2.